The molecule has 22 heavy (non-hydrogen) atoms. The van der Waals surface area contributed by atoms with Gasteiger partial charge in [-0.25, -0.2) is 0 Å². The summed E-state index contributed by atoms with van der Waals surface area (Å²) in [4.78, 5) is 23.2. The highest BCUT2D eigenvalue weighted by Gasteiger charge is 2.05. The lowest BCUT2D eigenvalue weighted by molar-refractivity contribution is -0.115. The van der Waals surface area contributed by atoms with E-state index in [2.05, 4.69) is 17.6 Å². The summed E-state index contributed by atoms with van der Waals surface area (Å²) in [5.41, 5.74) is 1.29. The smallest absolute Gasteiger partial charge is 0.251 e. The number of carbonyl (C=O) groups excluding carboxylic acids is 2. The Bertz CT molecular complexity index is 457. The molecule has 0 aliphatic heterocycles. The largest absolute Gasteiger partial charge is 0.381 e. The molecule has 0 saturated heterocycles. The summed E-state index contributed by atoms with van der Waals surface area (Å²) >= 11 is 0. The fourth-order valence-electron chi connectivity index (χ4n) is 1.78. The van der Waals surface area contributed by atoms with Crippen LogP contribution >= 0.6 is 0 Å². The minimum absolute atomic E-state index is 0.0414. The summed E-state index contributed by atoms with van der Waals surface area (Å²) in [6.45, 7) is 5.97. The van der Waals surface area contributed by atoms with Gasteiger partial charge in [-0.3, -0.25) is 9.59 Å². The van der Waals surface area contributed by atoms with Crippen molar-refractivity contribution in [3.05, 3.63) is 29.8 Å². The lowest BCUT2D eigenvalue weighted by Crippen LogP contribution is -2.25. The molecule has 5 heteroatoms. The van der Waals surface area contributed by atoms with Crippen LogP contribution in [-0.2, 0) is 9.53 Å². The van der Waals surface area contributed by atoms with Gasteiger partial charge in [0.25, 0.3) is 5.91 Å². The third-order valence-electron chi connectivity index (χ3n) is 3.15. The normalized spacial score (nSPS) is 10.3. The number of benzene rings is 1. The maximum absolute atomic E-state index is 11.9. The van der Waals surface area contributed by atoms with Gasteiger partial charge in [0.05, 0.1) is 0 Å². The van der Waals surface area contributed by atoms with Crippen molar-refractivity contribution in [2.24, 2.45) is 0 Å². The van der Waals surface area contributed by atoms with Gasteiger partial charge in [0, 0.05) is 37.4 Å². The van der Waals surface area contributed by atoms with Crippen molar-refractivity contribution in [2.45, 2.75) is 39.5 Å². The quantitative estimate of drug-likeness (QED) is 0.653. The first-order valence-electron chi connectivity index (χ1n) is 7.93. The van der Waals surface area contributed by atoms with Crippen LogP contribution in [0.4, 0.5) is 5.69 Å². The lowest BCUT2D eigenvalue weighted by Gasteiger charge is -2.07. The Labute approximate surface area is 132 Å². The van der Waals surface area contributed by atoms with E-state index in [-0.39, 0.29) is 11.8 Å². The van der Waals surface area contributed by atoms with Gasteiger partial charge in [0.2, 0.25) is 5.91 Å². The Morgan fingerprint density at radius 3 is 2.36 bits per heavy atom. The van der Waals surface area contributed by atoms with Crippen LogP contribution < -0.4 is 10.6 Å². The van der Waals surface area contributed by atoms with Crippen molar-refractivity contribution >= 4 is 17.5 Å². The molecule has 5 nitrogen and oxygen atoms in total. The standard InChI is InChI=1S/C17H26N2O3/c1-3-5-12-22-13-6-11-18-17(21)14-7-9-15(10-8-14)19-16(20)4-2/h7-10H,3-6,11-13H2,1-2H3,(H,18,21)(H,19,20). The summed E-state index contributed by atoms with van der Waals surface area (Å²) in [5.74, 6) is -0.151. The number of carbonyl (C=O) groups is 2. The fourth-order valence-corrected chi connectivity index (χ4v) is 1.78. The minimum atomic E-state index is -0.109. The molecule has 0 aliphatic carbocycles. The highest BCUT2D eigenvalue weighted by molar-refractivity contribution is 5.95. The van der Waals surface area contributed by atoms with Crippen LogP contribution in [0.25, 0.3) is 0 Å². The average molecular weight is 306 g/mol. The molecule has 1 aromatic carbocycles. The predicted molar refractivity (Wildman–Crippen MR) is 88.0 cm³/mol. The number of anilines is 1. The number of hydrogen-bond donors (Lipinski definition) is 2. The van der Waals surface area contributed by atoms with Crippen molar-refractivity contribution in [2.75, 3.05) is 25.1 Å². The molecular weight excluding hydrogens is 280 g/mol. The van der Waals surface area contributed by atoms with Gasteiger partial charge in [-0.15, -0.1) is 0 Å². The Balaban J connectivity index is 2.26. The number of unbranched alkanes of at least 4 members (excludes halogenated alkanes) is 1. The molecule has 0 aliphatic rings. The lowest BCUT2D eigenvalue weighted by atomic mass is 10.2. The number of rotatable bonds is 10. The summed E-state index contributed by atoms with van der Waals surface area (Å²) in [6, 6.07) is 6.88. The number of hydrogen-bond acceptors (Lipinski definition) is 3. The van der Waals surface area contributed by atoms with Crippen LogP contribution in [-0.4, -0.2) is 31.6 Å². The van der Waals surface area contributed by atoms with Gasteiger partial charge < -0.3 is 15.4 Å². The van der Waals surface area contributed by atoms with Crippen molar-refractivity contribution in [3.63, 3.8) is 0 Å². The van der Waals surface area contributed by atoms with Crippen LogP contribution in [0.3, 0.4) is 0 Å². The third-order valence-corrected chi connectivity index (χ3v) is 3.15. The molecule has 0 fully saturated rings. The van der Waals surface area contributed by atoms with E-state index < -0.39 is 0 Å². The van der Waals surface area contributed by atoms with E-state index in [1.807, 2.05) is 0 Å². The van der Waals surface area contributed by atoms with Crippen LogP contribution in [0, 0.1) is 0 Å². The van der Waals surface area contributed by atoms with E-state index in [0.29, 0.717) is 30.8 Å². The monoisotopic (exact) mass is 306 g/mol. The number of amides is 2. The summed E-state index contributed by atoms with van der Waals surface area (Å²) < 4.78 is 5.43. The molecule has 0 radical (unpaired) electrons. The first kappa shape index (κ1) is 18.2. The zero-order chi connectivity index (χ0) is 16.2. The molecular formula is C17H26N2O3. The second kappa shape index (κ2) is 10.8. The van der Waals surface area contributed by atoms with Gasteiger partial charge in [-0.1, -0.05) is 20.3 Å². The maximum Gasteiger partial charge on any atom is 0.251 e. The van der Waals surface area contributed by atoms with E-state index in [4.69, 9.17) is 4.74 Å². The molecule has 1 aromatic rings. The SMILES string of the molecule is CCCCOCCCNC(=O)c1ccc(NC(=O)CC)cc1. The second-order valence-corrected chi connectivity index (χ2v) is 5.05. The van der Waals surface area contributed by atoms with Crippen LogP contribution in [0.5, 0.6) is 0 Å². The third kappa shape index (κ3) is 7.22. The van der Waals surface area contributed by atoms with E-state index in [1.54, 1.807) is 31.2 Å². The molecule has 122 valence electrons. The van der Waals surface area contributed by atoms with E-state index in [1.165, 1.54) is 0 Å². The maximum atomic E-state index is 11.9. The van der Waals surface area contributed by atoms with Gasteiger partial charge in [0.15, 0.2) is 0 Å². The average Bonchev–Trinajstić information content (AvgIpc) is 2.54. The molecule has 0 saturated carbocycles. The molecule has 0 heterocycles. The van der Waals surface area contributed by atoms with Gasteiger partial charge in [0.1, 0.15) is 0 Å². The molecule has 0 unspecified atom stereocenters. The number of nitrogens with one attached hydrogen (secondary N) is 2. The highest BCUT2D eigenvalue weighted by atomic mass is 16.5. The Morgan fingerprint density at radius 1 is 1.05 bits per heavy atom. The van der Waals surface area contributed by atoms with Crippen molar-refractivity contribution in [1.29, 1.82) is 0 Å². The van der Waals surface area contributed by atoms with E-state index >= 15 is 0 Å². The van der Waals surface area contributed by atoms with Crippen molar-refractivity contribution < 1.29 is 14.3 Å². The molecule has 0 spiro atoms. The van der Waals surface area contributed by atoms with Crippen LogP contribution in [0.1, 0.15) is 49.9 Å². The Morgan fingerprint density at radius 2 is 1.73 bits per heavy atom. The Kier molecular flexibility index (Phi) is 8.91. The molecule has 0 aromatic heterocycles. The van der Waals surface area contributed by atoms with E-state index in [9.17, 15) is 9.59 Å². The van der Waals surface area contributed by atoms with Crippen LogP contribution in [0.15, 0.2) is 24.3 Å². The predicted octanol–water partition coefficient (Wildman–Crippen LogP) is 2.97. The first-order valence-corrected chi connectivity index (χ1v) is 7.93. The summed E-state index contributed by atoms with van der Waals surface area (Å²) in [5, 5.41) is 5.60. The van der Waals surface area contributed by atoms with Gasteiger partial charge in [-0.2, -0.15) is 0 Å². The molecule has 1 rings (SSSR count). The summed E-state index contributed by atoms with van der Waals surface area (Å²) in [6.07, 6.45) is 3.45. The highest BCUT2D eigenvalue weighted by Crippen LogP contribution is 2.09. The fraction of sp³-hybridized carbons (Fsp3) is 0.529. The molecule has 0 atom stereocenters. The second-order valence-electron chi connectivity index (χ2n) is 5.05. The van der Waals surface area contributed by atoms with Crippen molar-refractivity contribution in [3.8, 4) is 0 Å². The first-order chi connectivity index (χ1) is 10.7. The van der Waals surface area contributed by atoms with Crippen LogP contribution in [0.2, 0.25) is 0 Å². The van der Waals surface area contributed by atoms with Gasteiger partial charge >= 0.3 is 0 Å². The Hall–Kier alpha value is -1.88. The number of ether oxygens (including phenoxy) is 1. The van der Waals surface area contributed by atoms with E-state index in [0.717, 1.165) is 25.9 Å². The summed E-state index contributed by atoms with van der Waals surface area (Å²) in [7, 11) is 0. The molecule has 2 N–H and O–H groups in total. The molecule has 2 amide bonds. The zero-order valence-corrected chi connectivity index (χ0v) is 13.5. The molecule has 0 bridgehead atoms. The topological polar surface area (TPSA) is 67.4 Å². The van der Waals surface area contributed by atoms with Gasteiger partial charge in [-0.05, 0) is 37.1 Å². The van der Waals surface area contributed by atoms with Crippen molar-refractivity contribution in [1.82, 2.24) is 5.32 Å². The minimum Gasteiger partial charge on any atom is -0.381 e. The zero-order valence-electron chi connectivity index (χ0n) is 13.5.